The van der Waals surface area contributed by atoms with Gasteiger partial charge in [0, 0.05) is 31.8 Å². The fraction of sp³-hybridized carbons (Fsp3) is 0.304. The van der Waals surface area contributed by atoms with Crippen LogP contribution in [0.15, 0.2) is 36.2 Å². The van der Waals surface area contributed by atoms with Crippen LogP contribution in [0.5, 0.6) is 0 Å². The number of carbonyl (C=O) groups excluding carboxylic acids is 1. The molecule has 8 heteroatoms. The van der Waals surface area contributed by atoms with Crippen LogP contribution in [0.1, 0.15) is 24.1 Å². The van der Waals surface area contributed by atoms with E-state index in [1.807, 2.05) is 35.8 Å². The van der Waals surface area contributed by atoms with Gasteiger partial charge in [-0.15, -0.1) is 0 Å². The Morgan fingerprint density at radius 2 is 2.03 bits per heavy atom. The number of aromatic nitrogens is 3. The topological polar surface area (TPSA) is 121 Å². The van der Waals surface area contributed by atoms with Crippen molar-refractivity contribution >= 4 is 28.8 Å². The van der Waals surface area contributed by atoms with E-state index in [1.54, 1.807) is 11.0 Å². The highest BCUT2D eigenvalue weighted by molar-refractivity contribution is 6.08. The summed E-state index contributed by atoms with van der Waals surface area (Å²) in [6, 6.07) is 10.0. The third-order valence-electron chi connectivity index (χ3n) is 5.56. The number of nitrogen functional groups attached to an aromatic ring is 1. The van der Waals surface area contributed by atoms with E-state index in [0.29, 0.717) is 48.6 Å². The molecule has 0 saturated carbocycles. The molecule has 8 nitrogen and oxygen atoms in total. The van der Waals surface area contributed by atoms with Gasteiger partial charge < -0.3 is 20.3 Å². The lowest BCUT2D eigenvalue weighted by atomic mass is 10.00. The normalized spacial score (nSPS) is 13.8. The standard InChI is InChI=1S/C23H24N6O2/c1-15-4-6-16(7-5-15)19-18(12-17(13-24)23(31)28-8-2-9-28)29(10-3-11-30)22-20(19)21(25)26-14-27-22/h4-7,12,14,30H,2-3,8-11H2,1H3,(H2,25,26,27)/b17-12-. The maximum Gasteiger partial charge on any atom is 0.264 e. The molecular weight excluding hydrogens is 392 g/mol. The lowest BCUT2D eigenvalue weighted by Gasteiger charge is -2.30. The molecule has 0 atom stereocenters. The quantitative estimate of drug-likeness (QED) is 0.470. The number of likely N-dealkylation sites (tertiary alicyclic amines) is 1. The van der Waals surface area contributed by atoms with E-state index in [-0.39, 0.29) is 18.1 Å². The summed E-state index contributed by atoms with van der Waals surface area (Å²) < 4.78 is 1.90. The maximum absolute atomic E-state index is 12.8. The number of anilines is 1. The van der Waals surface area contributed by atoms with Crippen molar-refractivity contribution in [2.45, 2.75) is 26.3 Å². The lowest BCUT2D eigenvalue weighted by Crippen LogP contribution is -2.42. The summed E-state index contributed by atoms with van der Waals surface area (Å²) in [5.74, 6) is 0.0483. The molecule has 2 aromatic heterocycles. The first-order valence-corrected chi connectivity index (χ1v) is 10.3. The molecule has 0 radical (unpaired) electrons. The Kier molecular flexibility index (Phi) is 5.69. The van der Waals surface area contributed by atoms with E-state index in [1.165, 1.54) is 6.33 Å². The number of hydrogen-bond acceptors (Lipinski definition) is 6. The molecule has 158 valence electrons. The molecule has 0 unspecified atom stereocenters. The summed E-state index contributed by atoms with van der Waals surface area (Å²) in [4.78, 5) is 23.1. The van der Waals surface area contributed by atoms with Gasteiger partial charge in [-0.1, -0.05) is 29.8 Å². The number of fused-ring (bicyclic) bond motifs is 1. The van der Waals surface area contributed by atoms with Crippen molar-refractivity contribution in [2.24, 2.45) is 0 Å². The Bertz CT molecular complexity index is 1200. The molecule has 3 aromatic rings. The van der Waals surface area contributed by atoms with E-state index >= 15 is 0 Å². The lowest BCUT2D eigenvalue weighted by molar-refractivity contribution is -0.129. The highest BCUT2D eigenvalue weighted by atomic mass is 16.3. The summed E-state index contributed by atoms with van der Waals surface area (Å²) >= 11 is 0. The van der Waals surface area contributed by atoms with Crippen LogP contribution < -0.4 is 5.73 Å². The van der Waals surface area contributed by atoms with Crippen molar-refractivity contribution in [2.75, 3.05) is 25.4 Å². The van der Waals surface area contributed by atoms with Gasteiger partial charge >= 0.3 is 0 Å². The van der Waals surface area contributed by atoms with Gasteiger partial charge in [0.25, 0.3) is 5.91 Å². The number of nitrogens with two attached hydrogens (primary N) is 1. The van der Waals surface area contributed by atoms with Crippen LogP contribution in [0, 0.1) is 18.3 Å². The summed E-state index contributed by atoms with van der Waals surface area (Å²) in [7, 11) is 0. The smallest absolute Gasteiger partial charge is 0.264 e. The number of hydrogen-bond donors (Lipinski definition) is 2. The van der Waals surface area contributed by atoms with Crippen molar-refractivity contribution in [1.29, 1.82) is 5.26 Å². The van der Waals surface area contributed by atoms with Crippen LogP contribution >= 0.6 is 0 Å². The molecule has 1 aromatic carbocycles. The summed E-state index contributed by atoms with van der Waals surface area (Å²) in [6.07, 6.45) is 4.45. The highest BCUT2D eigenvalue weighted by Crippen LogP contribution is 2.38. The van der Waals surface area contributed by atoms with E-state index < -0.39 is 0 Å². The predicted molar refractivity (Wildman–Crippen MR) is 119 cm³/mol. The molecule has 3 heterocycles. The highest BCUT2D eigenvalue weighted by Gasteiger charge is 2.26. The van der Waals surface area contributed by atoms with Gasteiger partial charge in [0.1, 0.15) is 29.4 Å². The minimum Gasteiger partial charge on any atom is -0.396 e. The molecule has 0 bridgehead atoms. The van der Waals surface area contributed by atoms with E-state index in [9.17, 15) is 15.2 Å². The van der Waals surface area contributed by atoms with Crippen LogP contribution in [0.25, 0.3) is 28.2 Å². The minimum atomic E-state index is -0.276. The zero-order valence-corrected chi connectivity index (χ0v) is 17.4. The van der Waals surface area contributed by atoms with Crippen LogP contribution in [-0.2, 0) is 11.3 Å². The first kappa shape index (κ1) is 20.6. The number of aliphatic hydroxyl groups excluding tert-OH is 1. The Morgan fingerprint density at radius 3 is 2.65 bits per heavy atom. The van der Waals surface area contributed by atoms with Gasteiger partial charge in [-0.3, -0.25) is 4.79 Å². The van der Waals surface area contributed by atoms with E-state index in [0.717, 1.165) is 23.1 Å². The number of carbonyl (C=O) groups is 1. The molecule has 1 aliphatic rings. The van der Waals surface area contributed by atoms with Gasteiger partial charge in [0.2, 0.25) is 0 Å². The van der Waals surface area contributed by atoms with Gasteiger partial charge in [0.05, 0.1) is 11.1 Å². The van der Waals surface area contributed by atoms with Crippen LogP contribution in [0.3, 0.4) is 0 Å². The number of benzene rings is 1. The number of aryl methyl sites for hydroxylation is 2. The third kappa shape index (κ3) is 3.76. The van der Waals surface area contributed by atoms with Gasteiger partial charge in [-0.05, 0) is 31.4 Å². The average Bonchev–Trinajstić information content (AvgIpc) is 3.04. The van der Waals surface area contributed by atoms with Gasteiger partial charge in [0.15, 0.2) is 0 Å². The molecule has 4 rings (SSSR count). The molecule has 0 aliphatic carbocycles. The molecule has 1 amide bonds. The zero-order valence-electron chi connectivity index (χ0n) is 17.4. The molecule has 1 aliphatic heterocycles. The van der Waals surface area contributed by atoms with E-state index in [4.69, 9.17) is 5.73 Å². The second kappa shape index (κ2) is 8.58. The zero-order chi connectivity index (χ0) is 22.0. The first-order valence-electron chi connectivity index (χ1n) is 10.3. The number of aliphatic hydroxyl groups is 1. The Morgan fingerprint density at radius 1 is 1.29 bits per heavy atom. The molecule has 1 saturated heterocycles. The number of nitriles is 1. The van der Waals surface area contributed by atoms with Crippen molar-refractivity contribution in [3.8, 4) is 17.2 Å². The van der Waals surface area contributed by atoms with E-state index in [2.05, 4.69) is 16.0 Å². The second-order valence-electron chi connectivity index (χ2n) is 7.63. The Balaban J connectivity index is 2.01. The van der Waals surface area contributed by atoms with Gasteiger partial charge in [-0.2, -0.15) is 5.26 Å². The van der Waals surface area contributed by atoms with Crippen molar-refractivity contribution in [1.82, 2.24) is 19.4 Å². The predicted octanol–water partition coefficient (Wildman–Crippen LogP) is 2.51. The first-order chi connectivity index (χ1) is 15.0. The number of rotatable bonds is 6. The third-order valence-corrected chi connectivity index (χ3v) is 5.56. The fourth-order valence-corrected chi connectivity index (χ4v) is 3.80. The van der Waals surface area contributed by atoms with Crippen molar-refractivity contribution < 1.29 is 9.90 Å². The largest absolute Gasteiger partial charge is 0.396 e. The fourth-order valence-electron chi connectivity index (χ4n) is 3.80. The molecule has 0 spiro atoms. The van der Waals surface area contributed by atoms with Gasteiger partial charge in [-0.25, -0.2) is 9.97 Å². The summed E-state index contributed by atoms with van der Waals surface area (Å²) in [5, 5.41) is 19.9. The SMILES string of the molecule is Cc1ccc(-c2c(/C=C(/C#N)C(=O)N3CCC3)n(CCCO)c3ncnc(N)c23)cc1. The monoisotopic (exact) mass is 416 g/mol. The molecular formula is C23H24N6O2. The molecule has 3 N–H and O–H groups in total. The summed E-state index contributed by atoms with van der Waals surface area (Å²) in [6.45, 7) is 3.79. The maximum atomic E-state index is 12.8. The summed E-state index contributed by atoms with van der Waals surface area (Å²) in [5.41, 5.74) is 10.4. The second-order valence-corrected chi connectivity index (χ2v) is 7.63. The minimum absolute atomic E-state index is 0.00107. The molecule has 31 heavy (non-hydrogen) atoms. The Hall–Kier alpha value is -3.70. The molecule has 1 fully saturated rings. The average molecular weight is 416 g/mol. The number of nitrogens with zero attached hydrogens (tertiary/aromatic N) is 5. The Labute approximate surface area is 180 Å². The van der Waals surface area contributed by atoms with Crippen LogP contribution in [0.2, 0.25) is 0 Å². The van der Waals surface area contributed by atoms with Crippen molar-refractivity contribution in [3.63, 3.8) is 0 Å². The van der Waals surface area contributed by atoms with Crippen molar-refractivity contribution in [3.05, 3.63) is 47.4 Å². The number of amides is 1. The van der Waals surface area contributed by atoms with Crippen LogP contribution in [0.4, 0.5) is 5.82 Å². The van der Waals surface area contributed by atoms with Crippen LogP contribution in [-0.4, -0.2) is 50.1 Å².